The summed E-state index contributed by atoms with van der Waals surface area (Å²) < 4.78 is 4.55. The Morgan fingerprint density at radius 3 is 2.22 bits per heavy atom. The number of primary amides is 1. The first-order valence-electron chi connectivity index (χ1n) is 7.58. The molecular formula is C17H27N3O3. The minimum Gasteiger partial charge on any atom is -0.462 e. The highest BCUT2D eigenvalue weighted by Crippen LogP contribution is 2.20. The summed E-state index contributed by atoms with van der Waals surface area (Å²) in [4.78, 5) is 23.1. The third-order valence-electron chi connectivity index (χ3n) is 3.69. The first kappa shape index (κ1) is 19.1. The van der Waals surface area contributed by atoms with Crippen LogP contribution in [0.25, 0.3) is 0 Å². The molecule has 0 unspecified atom stereocenters. The van der Waals surface area contributed by atoms with E-state index in [1.54, 1.807) is 0 Å². The van der Waals surface area contributed by atoms with Crippen molar-refractivity contribution in [2.45, 2.75) is 38.5 Å². The smallest absolute Gasteiger partial charge is 0.293 e. The first-order chi connectivity index (χ1) is 10.7. The molecule has 0 atom stereocenters. The predicted molar refractivity (Wildman–Crippen MR) is 89.6 cm³/mol. The molecule has 1 saturated heterocycles. The number of amides is 1. The number of carbonyl (C=O) groups is 2. The Kier molecular flexibility index (Phi) is 6.72. The summed E-state index contributed by atoms with van der Waals surface area (Å²) in [5, 5.41) is 3.11. The Labute approximate surface area is 138 Å². The van der Waals surface area contributed by atoms with E-state index in [0.717, 1.165) is 6.54 Å². The van der Waals surface area contributed by atoms with Gasteiger partial charge in [-0.2, -0.15) is 0 Å². The van der Waals surface area contributed by atoms with Gasteiger partial charge in [-0.25, -0.2) is 0 Å². The van der Waals surface area contributed by atoms with Crippen molar-refractivity contribution in [1.29, 1.82) is 0 Å². The maximum Gasteiger partial charge on any atom is 0.293 e. The molecule has 6 heteroatoms. The number of nitrogens with two attached hydrogens (primary N) is 1. The van der Waals surface area contributed by atoms with Crippen LogP contribution < -0.4 is 11.1 Å². The lowest BCUT2D eigenvalue weighted by molar-refractivity contribution is -0.138. The van der Waals surface area contributed by atoms with Crippen molar-refractivity contribution in [3.8, 4) is 0 Å². The number of nitrogens with zero attached hydrogens (tertiary/aromatic N) is 1. The van der Waals surface area contributed by atoms with Gasteiger partial charge in [0.2, 0.25) is 5.91 Å². The number of carbonyl (C=O) groups excluding carboxylic acids is 2. The molecule has 3 N–H and O–H groups in total. The molecule has 0 aliphatic carbocycles. The molecule has 0 bridgehead atoms. The van der Waals surface area contributed by atoms with Crippen LogP contribution in [0, 0.1) is 0 Å². The number of likely N-dealkylation sites (N-methyl/N-ethyl adjacent to an activating group) is 1. The molecular weight excluding hydrogens is 294 g/mol. The van der Waals surface area contributed by atoms with Gasteiger partial charge in [-0.05, 0) is 33.4 Å². The third kappa shape index (κ3) is 5.65. The fraction of sp³-hybridized carbons (Fsp3) is 0.529. The summed E-state index contributed by atoms with van der Waals surface area (Å²) in [5.41, 5.74) is 5.84. The van der Waals surface area contributed by atoms with Crippen LogP contribution in [0.5, 0.6) is 0 Å². The molecule has 1 heterocycles. The van der Waals surface area contributed by atoms with Crippen LogP contribution >= 0.6 is 0 Å². The Bertz CT molecular complexity index is 508. The van der Waals surface area contributed by atoms with E-state index in [9.17, 15) is 9.59 Å². The van der Waals surface area contributed by atoms with E-state index in [0.29, 0.717) is 19.6 Å². The van der Waals surface area contributed by atoms with Crippen LogP contribution in [0.15, 0.2) is 30.3 Å². The topological polar surface area (TPSA) is 84.7 Å². The highest BCUT2D eigenvalue weighted by molar-refractivity contribution is 5.86. The normalized spacial score (nSPS) is 15.9. The van der Waals surface area contributed by atoms with E-state index < -0.39 is 5.54 Å². The van der Waals surface area contributed by atoms with Crippen molar-refractivity contribution >= 4 is 12.4 Å². The average molecular weight is 321 g/mol. The lowest BCUT2D eigenvalue weighted by Crippen LogP contribution is -2.73. The van der Waals surface area contributed by atoms with Gasteiger partial charge in [0.15, 0.2) is 0 Å². The molecule has 1 aliphatic rings. The maximum absolute atomic E-state index is 11.5. The summed E-state index contributed by atoms with van der Waals surface area (Å²) in [6.07, 6.45) is 0. The van der Waals surface area contributed by atoms with Crippen LogP contribution in [0.3, 0.4) is 0 Å². The molecule has 1 aromatic carbocycles. The van der Waals surface area contributed by atoms with Gasteiger partial charge in [0.25, 0.3) is 6.47 Å². The van der Waals surface area contributed by atoms with Crippen LogP contribution in [0.2, 0.25) is 0 Å². The largest absolute Gasteiger partial charge is 0.462 e. The Morgan fingerprint density at radius 1 is 1.35 bits per heavy atom. The molecule has 6 nitrogen and oxygen atoms in total. The quantitative estimate of drug-likeness (QED) is 0.787. The second-order valence-electron chi connectivity index (χ2n) is 6.67. The van der Waals surface area contributed by atoms with Crippen molar-refractivity contribution in [2.24, 2.45) is 5.73 Å². The molecule has 128 valence electrons. The van der Waals surface area contributed by atoms with Crippen molar-refractivity contribution in [1.82, 2.24) is 10.2 Å². The van der Waals surface area contributed by atoms with Gasteiger partial charge in [0.1, 0.15) is 11.1 Å². The van der Waals surface area contributed by atoms with Gasteiger partial charge in [0.05, 0.1) is 0 Å². The predicted octanol–water partition coefficient (Wildman–Crippen LogP) is 0.904. The summed E-state index contributed by atoms with van der Waals surface area (Å²) in [6, 6.07) is 10.1. The number of rotatable bonds is 5. The van der Waals surface area contributed by atoms with E-state index >= 15 is 0 Å². The average Bonchev–Trinajstić information content (AvgIpc) is 2.37. The third-order valence-corrected chi connectivity index (χ3v) is 3.69. The first-order valence-corrected chi connectivity index (χ1v) is 7.58. The zero-order valence-electron chi connectivity index (χ0n) is 14.3. The fourth-order valence-corrected chi connectivity index (χ4v) is 2.15. The zero-order valence-corrected chi connectivity index (χ0v) is 14.3. The highest BCUT2D eigenvalue weighted by Gasteiger charge is 2.46. The lowest BCUT2D eigenvalue weighted by atomic mass is 9.89. The van der Waals surface area contributed by atoms with E-state index in [2.05, 4.69) is 22.2 Å². The molecule has 1 amide bonds. The van der Waals surface area contributed by atoms with Crippen molar-refractivity contribution < 1.29 is 14.3 Å². The SMILES string of the molecule is CC(C)(C)OC=O.CN(Cc1ccccc1)C1(C(N)=O)CNC1. The summed E-state index contributed by atoms with van der Waals surface area (Å²) in [6.45, 7) is 7.95. The zero-order chi connectivity index (χ0) is 17.5. The maximum atomic E-state index is 11.5. The molecule has 0 spiro atoms. The molecule has 1 aliphatic heterocycles. The van der Waals surface area contributed by atoms with Crippen LogP contribution in [-0.2, 0) is 20.9 Å². The molecule has 2 rings (SSSR count). The summed E-state index contributed by atoms with van der Waals surface area (Å²) in [7, 11) is 1.94. The van der Waals surface area contributed by atoms with Crippen molar-refractivity contribution in [2.75, 3.05) is 20.1 Å². The minimum absolute atomic E-state index is 0.246. The number of hydrogen-bond donors (Lipinski definition) is 2. The highest BCUT2D eigenvalue weighted by atomic mass is 16.5. The molecule has 0 radical (unpaired) electrons. The molecule has 0 saturated carbocycles. The molecule has 1 aromatic rings. The van der Waals surface area contributed by atoms with E-state index in [4.69, 9.17) is 5.73 Å². The van der Waals surface area contributed by atoms with Crippen LogP contribution in [-0.4, -0.2) is 48.6 Å². The minimum atomic E-state index is -0.504. The van der Waals surface area contributed by atoms with Crippen LogP contribution in [0.1, 0.15) is 26.3 Å². The Hall–Kier alpha value is -1.92. The summed E-state index contributed by atoms with van der Waals surface area (Å²) >= 11 is 0. The summed E-state index contributed by atoms with van der Waals surface area (Å²) in [5.74, 6) is -0.246. The van der Waals surface area contributed by atoms with E-state index in [1.807, 2.05) is 50.9 Å². The van der Waals surface area contributed by atoms with Crippen molar-refractivity contribution in [3.05, 3.63) is 35.9 Å². The number of hydrogen-bond acceptors (Lipinski definition) is 5. The second-order valence-corrected chi connectivity index (χ2v) is 6.67. The van der Waals surface area contributed by atoms with Crippen molar-refractivity contribution in [3.63, 3.8) is 0 Å². The molecule has 0 aromatic heterocycles. The van der Waals surface area contributed by atoms with Gasteiger partial charge in [-0.3, -0.25) is 14.5 Å². The van der Waals surface area contributed by atoms with E-state index in [1.165, 1.54) is 5.56 Å². The van der Waals surface area contributed by atoms with Gasteiger partial charge >= 0.3 is 0 Å². The van der Waals surface area contributed by atoms with Gasteiger partial charge in [0, 0.05) is 19.6 Å². The fourth-order valence-electron chi connectivity index (χ4n) is 2.15. The van der Waals surface area contributed by atoms with E-state index in [-0.39, 0.29) is 11.5 Å². The number of ether oxygens (including phenoxy) is 1. The second kappa shape index (κ2) is 8.08. The Morgan fingerprint density at radius 2 is 1.91 bits per heavy atom. The standard InChI is InChI=1S/C12H17N3O.C5H10O2/c1-15(7-10-5-3-2-4-6-10)12(11(13)16)8-14-9-12;1-5(2,3)7-4-6/h2-6,14H,7-9H2,1H3,(H2,13,16);4H,1-3H3. The van der Waals surface area contributed by atoms with Crippen LogP contribution in [0.4, 0.5) is 0 Å². The Balaban J connectivity index is 0.000000322. The lowest BCUT2D eigenvalue weighted by Gasteiger charge is -2.46. The van der Waals surface area contributed by atoms with Gasteiger partial charge in [-0.1, -0.05) is 30.3 Å². The number of nitrogens with one attached hydrogen (secondary N) is 1. The molecule has 23 heavy (non-hydrogen) atoms. The monoisotopic (exact) mass is 321 g/mol. The molecule has 1 fully saturated rings. The van der Waals surface area contributed by atoms with Gasteiger partial charge < -0.3 is 15.8 Å². The van der Waals surface area contributed by atoms with Gasteiger partial charge in [-0.15, -0.1) is 0 Å². The number of benzene rings is 1.